The van der Waals surface area contributed by atoms with Crippen LogP contribution in [-0.2, 0) is 20.9 Å². The molecule has 0 spiro atoms. The monoisotopic (exact) mass is 206 g/mol. The number of hydrogen-bond acceptors (Lipinski definition) is 3. The van der Waals surface area contributed by atoms with Crippen molar-refractivity contribution in [1.29, 1.82) is 0 Å². The number of hydrogen-bond donors (Lipinski definition) is 0. The lowest BCUT2D eigenvalue weighted by Crippen LogP contribution is -2.09. The first kappa shape index (κ1) is 11.3. The zero-order valence-corrected chi connectivity index (χ0v) is 8.73. The zero-order valence-electron chi connectivity index (χ0n) is 8.73. The second-order valence-electron chi connectivity index (χ2n) is 2.92. The Morgan fingerprint density at radius 2 is 1.93 bits per heavy atom. The van der Waals surface area contributed by atoms with Gasteiger partial charge in [-0.15, -0.1) is 0 Å². The predicted octanol–water partition coefficient (Wildman–Crippen LogP) is 2.28. The predicted molar refractivity (Wildman–Crippen MR) is 57.0 cm³/mol. The second kappa shape index (κ2) is 5.86. The molecule has 0 aliphatic carbocycles. The molecule has 15 heavy (non-hydrogen) atoms. The number of benzene rings is 1. The number of carbonyl (C=O) groups is 1. The summed E-state index contributed by atoms with van der Waals surface area (Å²) >= 11 is 0. The molecule has 0 saturated heterocycles. The molecule has 0 atom stereocenters. The van der Waals surface area contributed by atoms with Crippen molar-refractivity contribution >= 4 is 5.97 Å². The molecular weight excluding hydrogens is 192 g/mol. The van der Waals surface area contributed by atoms with Crippen LogP contribution >= 0.6 is 0 Å². The summed E-state index contributed by atoms with van der Waals surface area (Å²) in [5.41, 5.74) is 0.989. The van der Waals surface area contributed by atoms with Crippen molar-refractivity contribution in [2.24, 2.45) is 0 Å². The summed E-state index contributed by atoms with van der Waals surface area (Å²) in [7, 11) is 0. The van der Waals surface area contributed by atoms with E-state index in [2.05, 4.69) is 6.58 Å². The molecule has 0 saturated carbocycles. The van der Waals surface area contributed by atoms with E-state index in [0.717, 1.165) is 5.56 Å². The molecule has 1 aromatic rings. The minimum absolute atomic E-state index is 0.0423. The molecule has 0 amide bonds. The van der Waals surface area contributed by atoms with Crippen LogP contribution in [0.3, 0.4) is 0 Å². The third-order valence-corrected chi connectivity index (χ3v) is 1.76. The van der Waals surface area contributed by atoms with Gasteiger partial charge in [-0.2, -0.15) is 0 Å². The van der Waals surface area contributed by atoms with Crippen molar-refractivity contribution in [2.75, 3.05) is 6.61 Å². The SMILES string of the molecule is C=C(OCc1ccccc1)C(=O)OCC. The van der Waals surface area contributed by atoms with Crippen molar-refractivity contribution in [2.45, 2.75) is 13.5 Å². The van der Waals surface area contributed by atoms with Gasteiger partial charge in [0.25, 0.3) is 0 Å². The normalized spacial score (nSPS) is 9.40. The van der Waals surface area contributed by atoms with E-state index in [1.165, 1.54) is 0 Å². The maximum Gasteiger partial charge on any atom is 0.372 e. The Bertz CT molecular complexity index is 330. The fourth-order valence-corrected chi connectivity index (χ4v) is 1.02. The maximum absolute atomic E-state index is 11.1. The first-order valence-corrected chi connectivity index (χ1v) is 4.76. The summed E-state index contributed by atoms with van der Waals surface area (Å²) in [6.07, 6.45) is 0. The summed E-state index contributed by atoms with van der Waals surface area (Å²) in [6, 6.07) is 9.57. The van der Waals surface area contributed by atoms with Gasteiger partial charge in [0.2, 0.25) is 0 Å². The Kier molecular flexibility index (Phi) is 4.41. The van der Waals surface area contributed by atoms with Gasteiger partial charge >= 0.3 is 5.97 Å². The Balaban J connectivity index is 2.38. The van der Waals surface area contributed by atoms with Crippen LogP contribution in [0.15, 0.2) is 42.7 Å². The van der Waals surface area contributed by atoms with Crippen molar-refractivity contribution in [3.05, 3.63) is 48.2 Å². The summed E-state index contributed by atoms with van der Waals surface area (Å²) in [4.78, 5) is 11.1. The van der Waals surface area contributed by atoms with Gasteiger partial charge in [-0.25, -0.2) is 4.79 Å². The molecule has 3 heteroatoms. The fourth-order valence-electron chi connectivity index (χ4n) is 1.02. The van der Waals surface area contributed by atoms with E-state index in [0.29, 0.717) is 13.2 Å². The molecule has 0 aromatic heterocycles. The highest BCUT2D eigenvalue weighted by Gasteiger charge is 2.08. The quantitative estimate of drug-likeness (QED) is 0.421. The van der Waals surface area contributed by atoms with Crippen molar-refractivity contribution in [3.8, 4) is 0 Å². The van der Waals surface area contributed by atoms with Crippen molar-refractivity contribution in [3.63, 3.8) is 0 Å². The van der Waals surface area contributed by atoms with Crippen molar-refractivity contribution < 1.29 is 14.3 Å². The Hall–Kier alpha value is -1.77. The molecule has 1 aromatic carbocycles. The molecule has 0 bridgehead atoms. The van der Waals surface area contributed by atoms with Crippen LogP contribution in [0.4, 0.5) is 0 Å². The number of esters is 1. The van der Waals surface area contributed by atoms with E-state index in [1.54, 1.807) is 6.92 Å². The Labute approximate surface area is 89.3 Å². The molecule has 1 rings (SSSR count). The highest BCUT2D eigenvalue weighted by atomic mass is 16.6. The van der Waals surface area contributed by atoms with Gasteiger partial charge in [0.15, 0.2) is 5.76 Å². The van der Waals surface area contributed by atoms with Crippen LogP contribution in [-0.4, -0.2) is 12.6 Å². The van der Waals surface area contributed by atoms with E-state index < -0.39 is 5.97 Å². The molecule has 0 fully saturated rings. The summed E-state index contributed by atoms with van der Waals surface area (Å²) < 4.78 is 9.90. The highest BCUT2D eigenvalue weighted by Crippen LogP contribution is 2.05. The minimum atomic E-state index is -0.506. The molecule has 0 heterocycles. The number of ether oxygens (including phenoxy) is 2. The summed E-state index contributed by atoms with van der Waals surface area (Å²) in [5, 5.41) is 0. The zero-order chi connectivity index (χ0) is 11.1. The molecule has 0 radical (unpaired) electrons. The standard InChI is InChI=1S/C12H14O3/c1-3-14-12(13)10(2)15-9-11-7-5-4-6-8-11/h4-8H,2-3,9H2,1H3. The van der Waals surface area contributed by atoms with Crippen LogP contribution in [0.5, 0.6) is 0 Å². The van der Waals surface area contributed by atoms with Gasteiger partial charge in [0, 0.05) is 0 Å². The van der Waals surface area contributed by atoms with Crippen LogP contribution in [0.1, 0.15) is 12.5 Å². The van der Waals surface area contributed by atoms with E-state index >= 15 is 0 Å². The minimum Gasteiger partial charge on any atom is -0.482 e. The van der Waals surface area contributed by atoms with Gasteiger partial charge in [0.1, 0.15) is 6.61 Å². The van der Waals surface area contributed by atoms with Crippen molar-refractivity contribution in [1.82, 2.24) is 0 Å². The average molecular weight is 206 g/mol. The van der Waals surface area contributed by atoms with Crippen LogP contribution in [0.2, 0.25) is 0 Å². The third kappa shape index (κ3) is 3.85. The van der Waals surface area contributed by atoms with Gasteiger partial charge in [0.05, 0.1) is 6.61 Å². The first-order valence-electron chi connectivity index (χ1n) is 4.76. The average Bonchev–Trinajstić information content (AvgIpc) is 2.27. The molecule has 0 aliphatic rings. The fraction of sp³-hybridized carbons (Fsp3) is 0.250. The number of rotatable bonds is 5. The lowest BCUT2D eigenvalue weighted by Gasteiger charge is -2.07. The lowest BCUT2D eigenvalue weighted by molar-refractivity contribution is -0.142. The Morgan fingerprint density at radius 3 is 2.53 bits per heavy atom. The molecule has 0 aliphatic heterocycles. The molecule has 0 unspecified atom stereocenters. The Morgan fingerprint density at radius 1 is 1.27 bits per heavy atom. The van der Waals surface area contributed by atoms with E-state index in [4.69, 9.17) is 9.47 Å². The molecular formula is C12H14O3. The molecule has 80 valence electrons. The van der Waals surface area contributed by atoms with Gasteiger partial charge in [-0.1, -0.05) is 30.3 Å². The van der Waals surface area contributed by atoms with E-state index in [1.807, 2.05) is 30.3 Å². The summed E-state index contributed by atoms with van der Waals surface area (Å²) in [5.74, 6) is -0.464. The molecule has 3 nitrogen and oxygen atoms in total. The van der Waals surface area contributed by atoms with Gasteiger partial charge < -0.3 is 9.47 Å². The highest BCUT2D eigenvalue weighted by molar-refractivity contribution is 5.85. The molecule has 0 N–H and O–H groups in total. The third-order valence-electron chi connectivity index (χ3n) is 1.76. The topological polar surface area (TPSA) is 35.5 Å². The van der Waals surface area contributed by atoms with Crippen LogP contribution < -0.4 is 0 Å². The largest absolute Gasteiger partial charge is 0.482 e. The van der Waals surface area contributed by atoms with E-state index in [9.17, 15) is 4.79 Å². The van der Waals surface area contributed by atoms with Gasteiger partial charge in [-0.05, 0) is 19.1 Å². The van der Waals surface area contributed by atoms with Gasteiger partial charge in [-0.3, -0.25) is 0 Å². The van der Waals surface area contributed by atoms with E-state index in [-0.39, 0.29) is 5.76 Å². The van der Waals surface area contributed by atoms with Crippen LogP contribution in [0, 0.1) is 0 Å². The van der Waals surface area contributed by atoms with Crippen LogP contribution in [0.25, 0.3) is 0 Å². The first-order chi connectivity index (χ1) is 7.24. The lowest BCUT2D eigenvalue weighted by atomic mass is 10.2. The second-order valence-corrected chi connectivity index (χ2v) is 2.92. The smallest absolute Gasteiger partial charge is 0.372 e. The number of carbonyl (C=O) groups excluding carboxylic acids is 1. The maximum atomic E-state index is 11.1. The summed E-state index contributed by atoms with van der Waals surface area (Å²) in [6.45, 7) is 5.89.